The van der Waals surface area contributed by atoms with Crippen LogP contribution in [0.5, 0.6) is 0 Å². The van der Waals surface area contributed by atoms with Crippen molar-refractivity contribution in [1.82, 2.24) is 10.3 Å². The predicted octanol–water partition coefficient (Wildman–Crippen LogP) is 3.12. The van der Waals surface area contributed by atoms with Gasteiger partial charge in [-0.1, -0.05) is 30.3 Å². The Hall–Kier alpha value is -1.43. The van der Waals surface area contributed by atoms with Crippen molar-refractivity contribution < 1.29 is 5.11 Å². The van der Waals surface area contributed by atoms with Crippen LogP contribution in [0.2, 0.25) is 0 Å². The number of hydrogen-bond donors (Lipinski definition) is 2. The maximum absolute atomic E-state index is 10.3. The highest BCUT2D eigenvalue weighted by molar-refractivity contribution is 7.15. The highest BCUT2D eigenvalue weighted by atomic mass is 32.1. The maximum atomic E-state index is 10.3. The molecule has 2 aromatic rings. The van der Waals surface area contributed by atoms with Gasteiger partial charge in [-0.05, 0) is 25.8 Å². The van der Waals surface area contributed by atoms with Crippen LogP contribution < -0.4 is 10.2 Å². The predicted molar refractivity (Wildman–Crippen MR) is 93.5 cm³/mol. The third kappa shape index (κ3) is 4.53. The monoisotopic (exact) mass is 319 g/mol. The van der Waals surface area contributed by atoms with E-state index in [1.807, 2.05) is 56.3 Å². The number of aromatic nitrogens is 1. The number of thiazole rings is 1. The molecule has 2 atom stereocenters. The quantitative estimate of drug-likeness (QED) is 0.823. The summed E-state index contributed by atoms with van der Waals surface area (Å²) < 4.78 is 0. The summed E-state index contributed by atoms with van der Waals surface area (Å²) in [7, 11) is 4.02. The van der Waals surface area contributed by atoms with E-state index in [0.29, 0.717) is 6.42 Å². The largest absolute Gasteiger partial charge is 0.388 e. The standard InChI is InChI=1S/C17H25N3OS/c1-12(10-15(21)14-8-6-5-7-9-14)18-11-16-13(2)19-17(22-16)20(3)4/h5-9,12,15,18,21H,10-11H2,1-4H3. The van der Waals surface area contributed by atoms with Crippen LogP contribution in [0.15, 0.2) is 30.3 Å². The van der Waals surface area contributed by atoms with Crippen molar-refractivity contribution in [2.24, 2.45) is 0 Å². The lowest BCUT2D eigenvalue weighted by molar-refractivity contribution is 0.154. The highest BCUT2D eigenvalue weighted by Crippen LogP contribution is 2.25. The summed E-state index contributed by atoms with van der Waals surface area (Å²) in [4.78, 5) is 7.84. The average Bonchev–Trinajstić information content (AvgIpc) is 2.87. The number of rotatable bonds is 7. The molecule has 0 saturated carbocycles. The van der Waals surface area contributed by atoms with Crippen LogP contribution in [0.25, 0.3) is 0 Å². The second kappa shape index (κ2) is 7.72. The molecule has 1 heterocycles. The molecule has 0 aliphatic carbocycles. The number of aliphatic hydroxyl groups excluding tert-OH is 1. The Kier molecular flexibility index (Phi) is 5.94. The normalized spacial score (nSPS) is 13.9. The molecule has 5 heteroatoms. The van der Waals surface area contributed by atoms with Crippen LogP contribution >= 0.6 is 11.3 Å². The van der Waals surface area contributed by atoms with E-state index in [9.17, 15) is 5.11 Å². The van der Waals surface area contributed by atoms with Crippen LogP contribution in [0.4, 0.5) is 5.13 Å². The molecule has 2 rings (SSSR count). The van der Waals surface area contributed by atoms with Gasteiger partial charge in [0.05, 0.1) is 11.8 Å². The third-order valence-electron chi connectivity index (χ3n) is 3.64. The first kappa shape index (κ1) is 16.9. The number of hydrogen-bond acceptors (Lipinski definition) is 5. The average molecular weight is 319 g/mol. The topological polar surface area (TPSA) is 48.4 Å². The molecule has 4 nitrogen and oxygen atoms in total. The number of aliphatic hydroxyl groups is 1. The van der Waals surface area contributed by atoms with Gasteiger partial charge in [-0.15, -0.1) is 11.3 Å². The number of nitrogens with one attached hydrogen (secondary N) is 1. The zero-order valence-corrected chi connectivity index (χ0v) is 14.5. The Balaban J connectivity index is 1.86. The van der Waals surface area contributed by atoms with E-state index in [-0.39, 0.29) is 6.04 Å². The van der Waals surface area contributed by atoms with Gasteiger partial charge in [-0.2, -0.15) is 0 Å². The second-order valence-electron chi connectivity index (χ2n) is 5.84. The van der Waals surface area contributed by atoms with Crippen LogP contribution in [-0.2, 0) is 6.54 Å². The van der Waals surface area contributed by atoms with Crippen molar-refractivity contribution in [3.63, 3.8) is 0 Å². The third-order valence-corrected chi connectivity index (χ3v) is 4.96. The molecule has 0 aliphatic rings. The minimum Gasteiger partial charge on any atom is -0.388 e. The summed E-state index contributed by atoms with van der Waals surface area (Å²) in [6.45, 7) is 4.94. The second-order valence-corrected chi connectivity index (χ2v) is 6.91. The fourth-order valence-electron chi connectivity index (χ4n) is 2.26. The van der Waals surface area contributed by atoms with Gasteiger partial charge in [-0.25, -0.2) is 4.98 Å². The van der Waals surface area contributed by atoms with E-state index in [1.165, 1.54) is 4.88 Å². The summed E-state index contributed by atoms with van der Waals surface area (Å²) >= 11 is 1.71. The molecule has 0 bridgehead atoms. The lowest BCUT2D eigenvalue weighted by atomic mass is 10.0. The molecule has 2 N–H and O–H groups in total. The fourth-order valence-corrected chi connectivity index (χ4v) is 3.20. The molecule has 2 unspecified atom stereocenters. The van der Waals surface area contributed by atoms with E-state index in [0.717, 1.165) is 22.9 Å². The van der Waals surface area contributed by atoms with E-state index < -0.39 is 6.10 Å². The molecule has 22 heavy (non-hydrogen) atoms. The minimum atomic E-state index is -0.427. The zero-order valence-electron chi connectivity index (χ0n) is 13.7. The molecular formula is C17H25N3OS. The van der Waals surface area contributed by atoms with Gasteiger partial charge in [0.15, 0.2) is 5.13 Å². The molecule has 0 saturated heterocycles. The van der Waals surface area contributed by atoms with Crippen molar-refractivity contribution in [3.05, 3.63) is 46.5 Å². The van der Waals surface area contributed by atoms with Gasteiger partial charge in [0, 0.05) is 31.6 Å². The number of aryl methyl sites for hydroxylation is 1. The van der Waals surface area contributed by atoms with Gasteiger partial charge < -0.3 is 15.3 Å². The summed E-state index contributed by atoms with van der Waals surface area (Å²) in [6, 6.07) is 10.1. The SMILES string of the molecule is Cc1nc(N(C)C)sc1CNC(C)CC(O)c1ccccc1. The maximum Gasteiger partial charge on any atom is 0.185 e. The fraction of sp³-hybridized carbons (Fsp3) is 0.471. The van der Waals surface area contributed by atoms with Crippen LogP contribution in [0, 0.1) is 6.92 Å². The molecule has 120 valence electrons. The van der Waals surface area contributed by atoms with Crippen molar-refractivity contribution in [3.8, 4) is 0 Å². The Morgan fingerprint density at radius 3 is 2.55 bits per heavy atom. The minimum absolute atomic E-state index is 0.236. The Labute approximate surface area is 136 Å². The Bertz CT molecular complexity index is 583. The molecule has 0 radical (unpaired) electrons. The Morgan fingerprint density at radius 1 is 1.27 bits per heavy atom. The van der Waals surface area contributed by atoms with Crippen molar-refractivity contribution >= 4 is 16.5 Å². The highest BCUT2D eigenvalue weighted by Gasteiger charge is 2.14. The van der Waals surface area contributed by atoms with Gasteiger partial charge in [-0.3, -0.25) is 0 Å². The number of anilines is 1. The van der Waals surface area contributed by atoms with Crippen LogP contribution in [-0.4, -0.2) is 30.2 Å². The molecule has 1 aromatic carbocycles. The van der Waals surface area contributed by atoms with Crippen molar-refractivity contribution in [1.29, 1.82) is 0 Å². The summed E-state index contributed by atoms with van der Waals surface area (Å²) in [5.41, 5.74) is 2.05. The smallest absolute Gasteiger partial charge is 0.185 e. The van der Waals surface area contributed by atoms with Gasteiger partial charge in [0.25, 0.3) is 0 Å². The lowest BCUT2D eigenvalue weighted by Gasteiger charge is -2.18. The van der Waals surface area contributed by atoms with E-state index in [4.69, 9.17) is 0 Å². The first-order valence-electron chi connectivity index (χ1n) is 7.57. The van der Waals surface area contributed by atoms with E-state index >= 15 is 0 Å². The molecular weight excluding hydrogens is 294 g/mol. The van der Waals surface area contributed by atoms with Gasteiger partial charge in [0.1, 0.15) is 0 Å². The van der Waals surface area contributed by atoms with Gasteiger partial charge in [0.2, 0.25) is 0 Å². The van der Waals surface area contributed by atoms with Crippen molar-refractivity contribution in [2.45, 2.75) is 39.0 Å². The van der Waals surface area contributed by atoms with Crippen LogP contribution in [0.3, 0.4) is 0 Å². The molecule has 0 amide bonds. The number of benzene rings is 1. The first-order valence-corrected chi connectivity index (χ1v) is 8.39. The van der Waals surface area contributed by atoms with Crippen LogP contribution in [0.1, 0.15) is 35.6 Å². The van der Waals surface area contributed by atoms with E-state index in [1.54, 1.807) is 11.3 Å². The lowest BCUT2D eigenvalue weighted by Crippen LogP contribution is -2.27. The molecule has 0 fully saturated rings. The molecule has 1 aromatic heterocycles. The molecule has 0 spiro atoms. The Morgan fingerprint density at radius 2 is 1.95 bits per heavy atom. The van der Waals surface area contributed by atoms with Gasteiger partial charge >= 0.3 is 0 Å². The molecule has 0 aliphatic heterocycles. The zero-order chi connectivity index (χ0) is 16.1. The first-order chi connectivity index (χ1) is 10.5. The summed E-state index contributed by atoms with van der Waals surface area (Å²) in [5, 5.41) is 14.8. The van der Waals surface area contributed by atoms with E-state index in [2.05, 4.69) is 17.2 Å². The number of nitrogens with zero attached hydrogens (tertiary/aromatic N) is 2. The summed E-state index contributed by atoms with van der Waals surface area (Å²) in [5.74, 6) is 0. The summed E-state index contributed by atoms with van der Waals surface area (Å²) in [6.07, 6.45) is 0.270. The van der Waals surface area contributed by atoms with Crippen molar-refractivity contribution in [2.75, 3.05) is 19.0 Å².